The van der Waals surface area contributed by atoms with Crippen LogP contribution in [-0.4, -0.2) is 18.3 Å². The summed E-state index contributed by atoms with van der Waals surface area (Å²) in [5, 5.41) is 10.7. The summed E-state index contributed by atoms with van der Waals surface area (Å²) in [7, 11) is 0. The molecular formula is C12H15Cl2NO2. The molecule has 2 rings (SSSR count). The van der Waals surface area contributed by atoms with Gasteiger partial charge in [-0.25, -0.2) is 0 Å². The molecular weight excluding hydrogens is 261 g/mol. The van der Waals surface area contributed by atoms with Gasteiger partial charge in [0, 0.05) is 29.8 Å². The van der Waals surface area contributed by atoms with Crippen LogP contribution in [0, 0.1) is 5.92 Å². The van der Waals surface area contributed by atoms with Gasteiger partial charge in [-0.2, -0.15) is 0 Å². The Kier molecular flexibility index (Phi) is 4.15. The van der Waals surface area contributed by atoms with Gasteiger partial charge in [0.05, 0.1) is 5.02 Å². The van der Waals surface area contributed by atoms with Crippen molar-refractivity contribution in [1.82, 2.24) is 0 Å². The van der Waals surface area contributed by atoms with Gasteiger partial charge in [0.2, 0.25) is 0 Å². The summed E-state index contributed by atoms with van der Waals surface area (Å²) in [4.78, 5) is 0. The molecule has 1 heterocycles. The molecule has 0 aliphatic carbocycles. The van der Waals surface area contributed by atoms with Crippen molar-refractivity contribution in [3.8, 4) is 5.75 Å². The molecule has 1 aromatic carbocycles. The maximum Gasteiger partial charge on any atom is 0.139 e. The van der Waals surface area contributed by atoms with E-state index in [0.717, 1.165) is 12.8 Å². The Hall–Kier alpha value is -0.480. The maximum atomic E-state index is 9.92. The molecule has 0 radical (unpaired) electrons. The van der Waals surface area contributed by atoms with Gasteiger partial charge >= 0.3 is 0 Å². The highest BCUT2D eigenvalue weighted by Gasteiger charge is 2.25. The molecule has 0 saturated carbocycles. The van der Waals surface area contributed by atoms with Gasteiger partial charge < -0.3 is 15.6 Å². The molecule has 0 spiro atoms. The number of phenolic OH excluding ortho intramolecular Hbond substituents is 1. The minimum atomic E-state index is -0.255. The largest absolute Gasteiger partial charge is 0.506 e. The van der Waals surface area contributed by atoms with Gasteiger partial charge in [-0.15, -0.1) is 0 Å². The van der Waals surface area contributed by atoms with Crippen molar-refractivity contribution in [1.29, 1.82) is 0 Å². The van der Waals surface area contributed by atoms with Gasteiger partial charge in [0.25, 0.3) is 0 Å². The zero-order valence-corrected chi connectivity index (χ0v) is 10.8. The second kappa shape index (κ2) is 5.44. The Morgan fingerprint density at radius 3 is 2.59 bits per heavy atom. The van der Waals surface area contributed by atoms with Gasteiger partial charge in [-0.3, -0.25) is 0 Å². The fourth-order valence-electron chi connectivity index (χ4n) is 2.17. The monoisotopic (exact) mass is 275 g/mol. The van der Waals surface area contributed by atoms with Gasteiger partial charge in [-0.1, -0.05) is 23.2 Å². The number of hydrogen-bond acceptors (Lipinski definition) is 3. The lowest BCUT2D eigenvalue weighted by Gasteiger charge is -2.28. The molecule has 1 aliphatic rings. The molecule has 0 amide bonds. The van der Waals surface area contributed by atoms with Crippen molar-refractivity contribution in [2.75, 3.05) is 13.2 Å². The van der Waals surface area contributed by atoms with Crippen LogP contribution in [0.25, 0.3) is 0 Å². The normalized spacial score (nSPS) is 19.2. The number of halogens is 2. The Labute approximate surface area is 110 Å². The van der Waals surface area contributed by atoms with E-state index >= 15 is 0 Å². The van der Waals surface area contributed by atoms with Crippen LogP contribution in [0.15, 0.2) is 12.1 Å². The van der Waals surface area contributed by atoms with E-state index in [2.05, 4.69) is 0 Å². The molecule has 1 atom stereocenters. The molecule has 0 bridgehead atoms. The van der Waals surface area contributed by atoms with E-state index in [-0.39, 0.29) is 16.8 Å². The first-order valence-corrected chi connectivity index (χ1v) is 6.36. The third kappa shape index (κ3) is 2.86. The summed E-state index contributed by atoms with van der Waals surface area (Å²) in [6.07, 6.45) is 1.79. The Morgan fingerprint density at radius 1 is 1.29 bits per heavy atom. The number of ether oxygens (including phenoxy) is 1. The second-order valence-electron chi connectivity index (χ2n) is 4.30. The lowest BCUT2D eigenvalue weighted by atomic mass is 9.87. The van der Waals surface area contributed by atoms with Gasteiger partial charge in [-0.05, 0) is 30.9 Å². The summed E-state index contributed by atoms with van der Waals surface area (Å²) in [5.41, 5.74) is 6.80. The van der Waals surface area contributed by atoms with Gasteiger partial charge in [0.15, 0.2) is 0 Å². The average Bonchev–Trinajstić information content (AvgIpc) is 2.34. The zero-order chi connectivity index (χ0) is 12.4. The molecule has 17 heavy (non-hydrogen) atoms. The first kappa shape index (κ1) is 13.0. The molecule has 3 N–H and O–H groups in total. The van der Waals surface area contributed by atoms with Crippen molar-refractivity contribution in [3.05, 3.63) is 27.7 Å². The van der Waals surface area contributed by atoms with Crippen molar-refractivity contribution in [2.24, 2.45) is 11.7 Å². The maximum absolute atomic E-state index is 9.92. The molecule has 0 aromatic heterocycles. The first-order chi connectivity index (χ1) is 8.09. The standard InChI is InChI=1S/C12H15Cl2NO2/c13-8-5-9(12(16)10(14)6-8)11(15)7-1-3-17-4-2-7/h5-7,11,16H,1-4,15H2/t11-/m0/s1. The fraction of sp³-hybridized carbons (Fsp3) is 0.500. The number of rotatable bonds is 2. The Bertz CT molecular complexity index is 406. The summed E-state index contributed by atoms with van der Waals surface area (Å²) in [6.45, 7) is 1.43. The lowest BCUT2D eigenvalue weighted by molar-refractivity contribution is 0.0581. The molecule has 1 saturated heterocycles. The predicted molar refractivity (Wildman–Crippen MR) is 68.6 cm³/mol. The van der Waals surface area contributed by atoms with E-state index in [0.29, 0.717) is 29.7 Å². The number of benzene rings is 1. The molecule has 5 heteroatoms. The van der Waals surface area contributed by atoms with E-state index in [1.54, 1.807) is 6.07 Å². The molecule has 1 fully saturated rings. The zero-order valence-electron chi connectivity index (χ0n) is 9.33. The van der Waals surface area contributed by atoms with Crippen molar-refractivity contribution < 1.29 is 9.84 Å². The number of aromatic hydroxyl groups is 1. The van der Waals surface area contributed by atoms with E-state index < -0.39 is 0 Å². The molecule has 1 aromatic rings. The molecule has 94 valence electrons. The van der Waals surface area contributed by atoms with Crippen molar-refractivity contribution in [2.45, 2.75) is 18.9 Å². The van der Waals surface area contributed by atoms with Crippen LogP contribution in [0.2, 0.25) is 10.0 Å². The minimum Gasteiger partial charge on any atom is -0.506 e. The van der Waals surface area contributed by atoms with E-state index in [4.69, 9.17) is 33.7 Å². The fourth-order valence-corrected chi connectivity index (χ4v) is 2.68. The van der Waals surface area contributed by atoms with Crippen molar-refractivity contribution >= 4 is 23.2 Å². The number of nitrogens with two attached hydrogens (primary N) is 1. The average molecular weight is 276 g/mol. The third-order valence-electron chi connectivity index (χ3n) is 3.19. The van der Waals surface area contributed by atoms with Crippen LogP contribution in [0.3, 0.4) is 0 Å². The SMILES string of the molecule is N[C@H](c1cc(Cl)cc(Cl)c1O)C1CCOCC1. The Balaban J connectivity index is 2.26. The quantitative estimate of drug-likeness (QED) is 0.872. The van der Waals surface area contributed by atoms with E-state index in [1.165, 1.54) is 6.07 Å². The number of hydrogen-bond donors (Lipinski definition) is 2. The van der Waals surface area contributed by atoms with E-state index in [1.807, 2.05) is 0 Å². The minimum absolute atomic E-state index is 0.0371. The van der Waals surface area contributed by atoms with Crippen LogP contribution in [-0.2, 0) is 4.74 Å². The van der Waals surface area contributed by atoms with Crippen LogP contribution in [0.1, 0.15) is 24.4 Å². The number of phenols is 1. The smallest absolute Gasteiger partial charge is 0.139 e. The van der Waals surface area contributed by atoms with Crippen LogP contribution in [0.5, 0.6) is 5.75 Å². The van der Waals surface area contributed by atoms with Crippen LogP contribution >= 0.6 is 23.2 Å². The topological polar surface area (TPSA) is 55.5 Å². The second-order valence-corrected chi connectivity index (χ2v) is 5.14. The molecule has 1 aliphatic heterocycles. The predicted octanol–water partition coefficient (Wildman–Crippen LogP) is 3.13. The lowest BCUT2D eigenvalue weighted by Crippen LogP contribution is -2.27. The molecule has 3 nitrogen and oxygen atoms in total. The summed E-state index contributed by atoms with van der Waals surface area (Å²) in [5.74, 6) is 0.333. The van der Waals surface area contributed by atoms with Gasteiger partial charge in [0.1, 0.15) is 5.75 Å². The first-order valence-electron chi connectivity index (χ1n) is 5.61. The highest BCUT2D eigenvalue weighted by atomic mass is 35.5. The third-order valence-corrected chi connectivity index (χ3v) is 3.70. The summed E-state index contributed by atoms with van der Waals surface area (Å²) < 4.78 is 5.29. The summed E-state index contributed by atoms with van der Waals surface area (Å²) in [6, 6.07) is 2.94. The van der Waals surface area contributed by atoms with Crippen molar-refractivity contribution in [3.63, 3.8) is 0 Å². The summed E-state index contributed by atoms with van der Waals surface area (Å²) >= 11 is 11.8. The highest BCUT2D eigenvalue weighted by molar-refractivity contribution is 6.35. The highest BCUT2D eigenvalue weighted by Crippen LogP contribution is 2.38. The van der Waals surface area contributed by atoms with E-state index in [9.17, 15) is 5.11 Å². The molecule has 0 unspecified atom stereocenters. The Morgan fingerprint density at radius 2 is 1.94 bits per heavy atom. The van der Waals surface area contributed by atoms with Crippen LogP contribution < -0.4 is 5.73 Å². The van der Waals surface area contributed by atoms with Crippen LogP contribution in [0.4, 0.5) is 0 Å².